The number of carbonyl (C=O) groups excluding carboxylic acids is 2. The summed E-state index contributed by atoms with van der Waals surface area (Å²) in [6, 6.07) is 17.4. The van der Waals surface area contributed by atoms with E-state index in [2.05, 4.69) is 31.2 Å². The molecule has 0 bridgehead atoms. The smallest absolute Gasteiger partial charge is 0.290 e. The molecule has 182 valence electrons. The number of fused-ring (bicyclic) bond motifs is 1. The van der Waals surface area contributed by atoms with E-state index in [0.29, 0.717) is 18.1 Å². The van der Waals surface area contributed by atoms with Crippen LogP contribution in [0.25, 0.3) is 0 Å². The summed E-state index contributed by atoms with van der Waals surface area (Å²) in [4.78, 5) is 30.1. The largest absolute Gasteiger partial charge is 0.481 e. The zero-order valence-corrected chi connectivity index (χ0v) is 20.9. The molecule has 0 aliphatic carbocycles. The van der Waals surface area contributed by atoms with Gasteiger partial charge in [-0.25, -0.2) is 0 Å². The van der Waals surface area contributed by atoms with Crippen LogP contribution in [0.5, 0.6) is 5.75 Å². The van der Waals surface area contributed by atoms with Crippen molar-refractivity contribution >= 4 is 23.6 Å². The quantitative estimate of drug-likeness (QED) is 0.518. The van der Waals surface area contributed by atoms with Gasteiger partial charge in [0.25, 0.3) is 11.8 Å². The van der Waals surface area contributed by atoms with Gasteiger partial charge in [-0.3, -0.25) is 9.59 Å². The minimum Gasteiger partial charge on any atom is -0.481 e. The van der Waals surface area contributed by atoms with E-state index in [9.17, 15) is 9.59 Å². The number of furan rings is 1. The number of hydrogen-bond acceptors (Lipinski definition) is 5. The zero-order valence-electron chi connectivity index (χ0n) is 20.1. The number of benzene rings is 2. The van der Waals surface area contributed by atoms with Crippen molar-refractivity contribution in [2.45, 2.75) is 32.4 Å². The van der Waals surface area contributed by atoms with Gasteiger partial charge in [0.05, 0.1) is 12.3 Å². The minimum absolute atomic E-state index is 0.0212. The van der Waals surface area contributed by atoms with E-state index in [4.69, 9.17) is 9.15 Å². The first-order chi connectivity index (χ1) is 17.0. The maximum absolute atomic E-state index is 13.4. The fraction of sp³-hybridized carbons (Fsp3) is 0.357. The lowest BCUT2D eigenvalue weighted by atomic mass is 9.87. The maximum atomic E-state index is 13.4. The summed E-state index contributed by atoms with van der Waals surface area (Å²) < 4.78 is 11.6. The second kappa shape index (κ2) is 10.2. The molecule has 0 radical (unpaired) electrons. The average molecular weight is 491 g/mol. The fourth-order valence-electron chi connectivity index (χ4n) is 4.92. The van der Waals surface area contributed by atoms with Crippen LogP contribution in [0.15, 0.2) is 65.3 Å². The molecule has 2 aliphatic rings. The normalized spacial score (nSPS) is 18.6. The Hall–Kier alpha value is -3.19. The average Bonchev–Trinajstić information content (AvgIpc) is 3.43. The molecular weight excluding hydrogens is 460 g/mol. The number of amides is 2. The number of rotatable bonds is 5. The highest BCUT2D eigenvalue weighted by atomic mass is 32.2. The van der Waals surface area contributed by atoms with E-state index >= 15 is 0 Å². The molecule has 1 fully saturated rings. The molecular formula is C28H30N2O4S. The van der Waals surface area contributed by atoms with Gasteiger partial charge < -0.3 is 19.0 Å². The van der Waals surface area contributed by atoms with Gasteiger partial charge in [-0.2, -0.15) is 11.8 Å². The van der Waals surface area contributed by atoms with Crippen molar-refractivity contribution in [3.05, 3.63) is 88.9 Å². The highest BCUT2D eigenvalue weighted by Gasteiger charge is 2.34. The fourth-order valence-corrected chi connectivity index (χ4v) is 5.83. The lowest BCUT2D eigenvalue weighted by molar-refractivity contribution is -0.137. The van der Waals surface area contributed by atoms with Crippen LogP contribution in [-0.4, -0.2) is 58.9 Å². The Morgan fingerprint density at radius 1 is 1.06 bits per heavy atom. The van der Waals surface area contributed by atoms with Gasteiger partial charge >= 0.3 is 0 Å². The summed E-state index contributed by atoms with van der Waals surface area (Å²) in [6.45, 7) is 5.99. The molecule has 35 heavy (non-hydrogen) atoms. The van der Waals surface area contributed by atoms with Crippen LogP contribution in [0.3, 0.4) is 0 Å². The van der Waals surface area contributed by atoms with Crippen molar-refractivity contribution in [2.75, 3.05) is 31.1 Å². The van der Waals surface area contributed by atoms with Gasteiger partial charge in [-0.1, -0.05) is 35.9 Å². The summed E-state index contributed by atoms with van der Waals surface area (Å²) >= 11 is 1.87. The molecule has 0 unspecified atom stereocenters. The minimum atomic E-state index is -0.571. The monoisotopic (exact) mass is 490 g/mol. The van der Waals surface area contributed by atoms with E-state index in [-0.39, 0.29) is 17.9 Å². The highest BCUT2D eigenvalue weighted by Crippen LogP contribution is 2.38. The summed E-state index contributed by atoms with van der Waals surface area (Å²) in [5.74, 6) is 2.79. The van der Waals surface area contributed by atoms with Gasteiger partial charge in [0.2, 0.25) is 0 Å². The molecule has 2 aliphatic heterocycles. The molecule has 0 spiro atoms. The van der Waals surface area contributed by atoms with Crippen molar-refractivity contribution < 1.29 is 18.7 Å². The van der Waals surface area contributed by atoms with Crippen LogP contribution in [0.1, 0.15) is 45.8 Å². The van der Waals surface area contributed by atoms with Crippen molar-refractivity contribution in [1.82, 2.24) is 9.80 Å². The van der Waals surface area contributed by atoms with Gasteiger partial charge in [0.1, 0.15) is 5.75 Å². The van der Waals surface area contributed by atoms with Gasteiger partial charge in [-0.05, 0) is 61.2 Å². The first-order valence-electron chi connectivity index (χ1n) is 12.1. The highest BCUT2D eigenvalue weighted by molar-refractivity contribution is 7.99. The molecule has 6 nitrogen and oxygen atoms in total. The molecule has 0 N–H and O–H groups in total. The predicted molar refractivity (Wildman–Crippen MR) is 137 cm³/mol. The topological polar surface area (TPSA) is 63.0 Å². The number of aryl methyl sites for hydroxylation is 1. The maximum Gasteiger partial charge on any atom is 0.290 e. The lowest BCUT2D eigenvalue weighted by Gasteiger charge is -2.37. The third kappa shape index (κ3) is 4.96. The van der Waals surface area contributed by atoms with Crippen LogP contribution < -0.4 is 4.74 Å². The van der Waals surface area contributed by atoms with Crippen LogP contribution in [0, 0.1) is 6.92 Å². The Kier molecular flexibility index (Phi) is 6.86. The van der Waals surface area contributed by atoms with Crippen molar-refractivity contribution in [3.63, 3.8) is 0 Å². The van der Waals surface area contributed by atoms with Crippen molar-refractivity contribution in [2.24, 2.45) is 0 Å². The van der Waals surface area contributed by atoms with E-state index in [1.807, 2.05) is 46.7 Å². The molecule has 3 aromatic rings. The molecule has 3 heterocycles. The number of thioether (sulfide) groups is 1. The Balaban J connectivity index is 1.47. The van der Waals surface area contributed by atoms with E-state index in [1.165, 1.54) is 11.8 Å². The molecule has 1 aromatic heterocycles. The number of nitrogens with zero attached hydrogens (tertiary/aromatic N) is 2. The summed E-state index contributed by atoms with van der Waals surface area (Å²) in [7, 11) is 0. The van der Waals surface area contributed by atoms with Crippen molar-refractivity contribution in [1.29, 1.82) is 0 Å². The van der Waals surface area contributed by atoms with E-state index < -0.39 is 6.10 Å². The van der Waals surface area contributed by atoms with Crippen LogP contribution in [-0.2, 0) is 11.2 Å². The van der Waals surface area contributed by atoms with Gasteiger partial charge in [0.15, 0.2) is 11.9 Å². The second-order valence-corrected chi connectivity index (χ2v) is 10.3. The third-order valence-corrected chi connectivity index (χ3v) is 7.62. The third-order valence-electron chi connectivity index (χ3n) is 6.68. The Labute approximate surface area is 210 Å². The second-order valence-electron chi connectivity index (χ2n) is 9.10. The van der Waals surface area contributed by atoms with Gasteiger partial charge in [-0.15, -0.1) is 0 Å². The number of carbonyl (C=O) groups is 2. The predicted octanol–water partition coefficient (Wildman–Crippen LogP) is 4.72. The molecule has 0 saturated carbocycles. The molecule has 5 rings (SSSR count). The first kappa shape index (κ1) is 23.5. The Bertz CT molecular complexity index is 1200. The van der Waals surface area contributed by atoms with E-state index in [1.54, 1.807) is 12.1 Å². The molecule has 1 saturated heterocycles. The van der Waals surface area contributed by atoms with Gasteiger partial charge in [0, 0.05) is 31.1 Å². The van der Waals surface area contributed by atoms with Crippen LogP contribution in [0.2, 0.25) is 0 Å². The first-order valence-corrected chi connectivity index (χ1v) is 13.2. The molecule has 7 heteroatoms. The molecule has 2 aromatic carbocycles. The summed E-state index contributed by atoms with van der Waals surface area (Å²) in [5, 5.41) is 0. The molecule has 2 atom stereocenters. The summed E-state index contributed by atoms with van der Waals surface area (Å²) in [6.07, 6.45) is 1.70. The van der Waals surface area contributed by atoms with E-state index in [0.717, 1.165) is 47.7 Å². The summed E-state index contributed by atoms with van der Waals surface area (Å²) in [5.41, 5.74) is 4.37. The SMILES string of the molecule is Cc1cccc([C@H]2c3cc(O[C@H](C)C(=O)N4CCSCC4)ccc3CCN2C(=O)c2ccco2)c1. The molecule has 2 amide bonds. The number of hydrogen-bond donors (Lipinski definition) is 0. The number of ether oxygens (including phenoxy) is 1. The van der Waals surface area contributed by atoms with Crippen LogP contribution >= 0.6 is 11.8 Å². The van der Waals surface area contributed by atoms with Crippen molar-refractivity contribution in [3.8, 4) is 5.75 Å². The lowest BCUT2D eigenvalue weighted by Crippen LogP contribution is -2.44. The Morgan fingerprint density at radius 3 is 2.63 bits per heavy atom. The van der Waals surface area contributed by atoms with Crippen LogP contribution in [0.4, 0.5) is 0 Å². The Morgan fingerprint density at radius 2 is 1.89 bits per heavy atom. The zero-order chi connectivity index (χ0) is 24.4. The standard InChI is InChI=1S/C28H30N2O4S/c1-19-5-3-6-22(17-19)26-24-18-23(34-20(2)27(31)29-12-15-35-16-13-29)9-8-21(24)10-11-30(26)28(32)25-7-4-14-33-25/h3-9,14,17-18,20,26H,10-13,15-16H2,1-2H3/t20-,26+/m1/s1.